The molecule has 0 saturated carbocycles. The first-order valence-corrected chi connectivity index (χ1v) is 9.70. The molecule has 4 aromatic rings. The molecule has 33 heavy (non-hydrogen) atoms. The predicted molar refractivity (Wildman–Crippen MR) is 122 cm³/mol. The second-order valence-corrected chi connectivity index (χ2v) is 6.84. The Labute approximate surface area is 188 Å². The van der Waals surface area contributed by atoms with Gasteiger partial charge < -0.3 is 15.8 Å². The van der Waals surface area contributed by atoms with Gasteiger partial charge in [-0.25, -0.2) is 19.2 Å². The highest BCUT2D eigenvalue weighted by Crippen LogP contribution is 2.33. The average molecular weight is 440 g/mol. The second kappa shape index (κ2) is 9.11. The van der Waals surface area contributed by atoms with Gasteiger partial charge in [0.15, 0.2) is 11.5 Å². The van der Waals surface area contributed by atoms with Crippen LogP contribution in [0.3, 0.4) is 0 Å². The van der Waals surface area contributed by atoms with Crippen LogP contribution in [0.2, 0.25) is 0 Å². The summed E-state index contributed by atoms with van der Waals surface area (Å²) in [6.45, 7) is 7.30. The van der Waals surface area contributed by atoms with Crippen LogP contribution in [0.15, 0.2) is 67.1 Å². The average Bonchev–Trinajstić information content (AvgIpc) is 2.85. The minimum atomic E-state index is -0.569. The fourth-order valence-corrected chi connectivity index (χ4v) is 3.23. The Balaban J connectivity index is 1.61. The molecule has 0 saturated heterocycles. The highest BCUT2D eigenvalue weighted by molar-refractivity contribution is 6.05. The van der Waals surface area contributed by atoms with E-state index in [1.165, 1.54) is 31.5 Å². The van der Waals surface area contributed by atoms with Crippen LogP contribution in [0.1, 0.15) is 10.5 Å². The van der Waals surface area contributed by atoms with Crippen LogP contribution in [0, 0.1) is 12.4 Å². The van der Waals surface area contributed by atoms with Crippen LogP contribution in [0.25, 0.3) is 27.4 Å². The van der Waals surface area contributed by atoms with Gasteiger partial charge in [-0.05, 0) is 42.0 Å². The summed E-state index contributed by atoms with van der Waals surface area (Å²) in [5.41, 5.74) is 8.66. The Kier molecular flexibility index (Phi) is 5.91. The molecule has 2 aromatic heterocycles. The van der Waals surface area contributed by atoms with Crippen LogP contribution in [-0.4, -0.2) is 28.0 Å². The molecule has 0 fully saturated rings. The molecule has 0 spiro atoms. The Morgan fingerprint density at radius 2 is 2.03 bits per heavy atom. The summed E-state index contributed by atoms with van der Waals surface area (Å²) in [7, 11) is 1.41. The second-order valence-electron chi connectivity index (χ2n) is 6.84. The number of benzene rings is 2. The van der Waals surface area contributed by atoms with Crippen molar-refractivity contribution in [2.24, 2.45) is 0 Å². The van der Waals surface area contributed by atoms with E-state index in [1.54, 1.807) is 42.7 Å². The van der Waals surface area contributed by atoms with Gasteiger partial charge in [0.25, 0.3) is 5.91 Å². The van der Waals surface area contributed by atoms with Crippen LogP contribution in [-0.2, 0) is 0 Å². The molecule has 0 atom stereocenters. The summed E-state index contributed by atoms with van der Waals surface area (Å²) >= 11 is 0. The van der Waals surface area contributed by atoms with E-state index in [4.69, 9.17) is 17.0 Å². The number of nitrogens with zero attached hydrogens (tertiary/aromatic N) is 4. The standard InChI is InChI=1S/C24H17FN6O2/c1-27-18-8-10-28-13-15(18)14-6-7-19(17(26)12-14)31-24(32)20-9-11-29-23(30-20)22-16(25)4-3-5-21(22)33-2/h3-13H,26H2,2H3,(H,31,32). The normalized spacial score (nSPS) is 10.3. The maximum atomic E-state index is 14.4. The molecule has 0 aliphatic heterocycles. The molecule has 0 unspecified atom stereocenters. The van der Waals surface area contributed by atoms with Gasteiger partial charge in [0.2, 0.25) is 0 Å². The number of ether oxygens (including phenoxy) is 1. The highest BCUT2D eigenvalue weighted by Gasteiger charge is 2.17. The third-order valence-corrected chi connectivity index (χ3v) is 4.84. The summed E-state index contributed by atoms with van der Waals surface area (Å²) in [5.74, 6) is -0.844. The number of rotatable bonds is 5. The molecule has 0 aliphatic rings. The number of hydrogen-bond donors (Lipinski definition) is 2. The quantitative estimate of drug-likeness (QED) is 0.343. The van der Waals surface area contributed by atoms with E-state index in [-0.39, 0.29) is 22.8 Å². The fraction of sp³-hybridized carbons (Fsp3) is 0.0417. The van der Waals surface area contributed by atoms with Crippen LogP contribution >= 0.6 is 0 Å². The first-order valence-electron chi connectivity index (χ1n) is 9.70. The number of nitrogens with two attached hydrogens (primary N) is 1. The molecule has 1 amide bonds. The molecular weight excluding hydrogens is 423 g/mol. The Morgan fingerprint density at radius 3 is 2.79 bits per heavy atom. The first kappa shape index (κ1) is 21.4. The number of amides is 1. The summed E-state index contributed by atoms with van der Waals surface area (Å²) in [6, 6.07) is 12.4. The minimum Gasteiger partial charge on any atom is -0.496 e. The van der Waals surface area contributed by atoms with Crippen molar-refractivity contribution in [2.75, 3.05) is 18.2 Å². The summed E-state index contributed by atoms with van der Waals surface area (Å²) in [4.78, 5) is 28.6. The monoisotopic (exact) mass is 440 g/mol. The third kappa shape index (κ3) is 4.31. The predicted octanol–water partition coefficient (Wildman–Crippen LogP) is 4.74. The zero-order valence-electron chi connectivity index (χ0n) is 17.4. The number of anilines is 2. The van der Waals surface area contributed by atoms with Crippen molar-refractivity contribution in [1.82, 2.24) is 15.0 Å². The van der Waals surface area contributed by atoms with Gasteiger partial charge in [-0.3, -0.25) is 9.78 Å². The van der Waals surface area contributed by atoms with E-state index in [0.29, 0.717) is 28.2 Å². The molecule has 0 radical (unpaired) electrons. The van der Waals surface area contributed by atoms with E-state index < -0.39 is 11.7 Å². The van der Waals surface area contributed by atoms with Gasteiger partial charge in [-0.1, -0.05) is 12.1 Å². The summed E-state index contributed by atoms with van der Waals surface area (Å²) < 4.78 is 19.6. The lowest BCUT2D eigenvalue weighted by atomic mass is 10.0. The topological polar surface area (TPSA) is 107 Å². The van der Waals surface area contributed by atoms with Crippen molar-refractivity contribution in [3.05, 3.63) is 90.0 Å². The van der Waals surface area contributed by atoms with E-state index in [1.807, 2.05) is 0 Å². The van der Waals surface area contributed by atoms with Crippen molar-refractivity contribution < 1.29 is 13.9 Å². The van der Waals surface area contributed by atoms with Gasteiger partial charge in [0.05, 0.1) is 30.6 Å². The maximum absolute atomic E-state index is 14.4. The van der Waals surface area contributed by atoms with E-state index in [0.717, 1.165) is 0 Å². The lowest BCUT2D eigenvalue weighted by Crippen LogP contribution is -2.15. The molecule has 3 N–H and O–H groups in total. The van der Waals surface area contributed by atoms with E-state index in [9.17, 15) is 9.18 Å². The molecule has 162 valence electrons. The maximum Gasteiger partial charge on any atom is 0.274 e. The third-order valence-electron chi connectivity index (χ3n) is 4.84. The van der Waals surface area contributed by atoms with Crippen molar-refractivity contribution in [3.63, 3.8) is 0 Å². The SMILES string of the molecule is [C-]#[N+]c1ccncc1-c1ccc(NC(=O)c2ccnc(-c3c(F)cccc3OC)n2)c(N)c1. The Bertz CT molecular complexity index is 1400. The number of methoxy groups -OCH3 is 1. The Hall–Kier alpha value is -4.84. The number of carbonyl (C=O) groups excluding carboxylic acids is 1. The molecule has 8 nitrogen and oxygen atoms in total. The molecule has 0 bridgehead atoms. The number of aromatic nitrogens is 3. The van der Waals surface area contributed by atoms with Crippen LogP contribution in [0.4, 0.5) is 21.5 Å². The van der Waals surface area contributed by atoms with Crippen LogP contribution < -0.4 is 15.8 Å². The van der Waals surface area contributed by atoms with Crippen molar-refractivity contribution in [2.45, 2.75) is 0 Å². The molecule has 2 aromatic carbocycles. The van der Waals surface area contributed by atoms with Crippen molar-refractivity contribution in [1.29, 1.82) is 0 Å². The number of carbonyl (C=O) groups is 1. The van der Waals surface area contributed by atoms with Gasteiger partial charge in [-0.15, -0.1) is 0 Å². The number of nitrogens with one attached hydrogen (secondary N) is 1. The highest BCUT2D eigenvalue weighted by atomic mass is 19.1. The molecule has 4 rings (SSSR count). The van der Waals surface area contributed by atoms with Gasteiger partial charge in [0.1, 0.15) is 17.3 Å². The Morgan fingerprint density at radius 1 is 1.18 bits per heavy atom. The molecule has 0 aliphatic carbocycles. The molecule has 9 heteroatoms. The van der Waals surface area contributed by atoms with Gasteiger partial charge >= 0.3 is 0 Å². The lowest BCUT2D eigenvalue weighted by Gasteiger charge is -2.12. The van der Waals surface area contributed by atoms with Gasteiger partial charge in [0, 0.05) is 24.2 Å². The smallest absolute Gasteiger partial charge is 0.274 e. The number of pyridine rings is 1. The van der Waals surface area contributed by atoms with Gasteiger partial charge in [-0.2, -0.15) is 0 Å². The largest absolute Gasteiger partial charge is 0.496 e. The van der Waals surface area contributed by atoms with Crippen molar-refractivity contribution in [3.8, 4) is 28.3 Å². The lowest BCUT2D eigenvalue weighted by molar-refractivity contribution is 0.102. The number of hydrogen-bond acceptors (Lipinski definition) is 6. The van der Waals surface area contributed by atoms with E-state index in [2.05, 4.69) is 25.1 Å². The number of nitrogen functional groups attached to an aromatic ring is 1. The summed E-state index contributed by atoms with van der Waals surface area (Å²) in [6.07, 6.45) is 4.49. The molecule has 2 heterocycles. The minimum absolute atomic E-state index is 0.0178. The summed E-state index contributed by atoms with van der Waals surface area (Å²) in [5, 5.41) is 2.70. The zero-order chi connectivity index (χ0) is 23.4. The van der Waals surface area contributed by atoms with Crippen LogP contribution in [0.5, 0.6) is 5.75 Å². The van der Waals surface area contributed by atoms with Crippen molar-refractivity contribution >= 4 is 23.0 Å². The van der Waals surface area contributed by atoms with E-state index >= 15 is 0 Å². The zero-order valence-corrected chi connectivity index (χ0v) is 17.4. The number of halogens is 1. The first-order chi connectivity index (χ1) is 16.0. The molecular formula is C24H17FN6O2. The fourth-order valence-electron chi connectivity index (χ4n) is 3.23.